The van der Waals surface area contributed by atoms with E-state index in [4.69, 9.17) is 19.9 Å². The van der Waals surface area contributed by atoms with Crippen molar-refractivity contribution in [1.82, 2.24) is 33.6 Å². The first kappa shape index (κ1) is 32.0. The number of fused-ring (bicyclic) bond motifs is 11. The highest BCUT2D eigenvalue weighted by atomic mass is 15.2. The topological polar surface area (TPSA) is 66.3 Å². The van der Waals surface area contributed by atoms with E-state index in [0.29, 0.717) is 5.95 Å². The molecule has 0 radical (unpaired) electrons. The van der Waals surface area contributed by atoms with Gasteiger partial charge in [0, 0.05) is 55.2 Å². The van der Waals surface area contributed by atoms with Crippen LogP contribution < -0.4 is 0 Å². The van der Waals surface area contributed by atoms with Gasteiger partial charge in [-0.05, 0) is 66.7 Å². The summed E-state index contributed by atoms with van der Waals surface area (Å²) < 4.78 is 6.87. The number of nitrogens with zero attached hydrogens (tertiary/aromatic N) is 7. The van der Waals surface area contributed by atoms with Crippen molar-refractivity contribution < 1.29 is 0 Å². The van der Waals surface area contributed by atoms with E-state index in [1.807, 2.05) is 54.7 Å². The fourth-order valence-corrected chi connectivity index (χ4v) is 9.26. The van der Waals surface area contributed by atoms with Gasteiger partial charge in [0.2, 0.25) is 5.95 Å². The molecule has 7 nitrogen and oxygen atoms in total. The molecular formula is C52H31N7. The third-order valence-corrected chi connectivity index (χ3v) is 11.9. The summed E-state index contributed by atoms with van der Waals surface area (Å²) in [4.78, 5) is 20.9. The maximum absolute atomic E-state index is 5.49. The molecule has 13 rings (SSSR count). The van der Waals surface area contributed by atoms with Crippen molar-refractivity contribution in [2.75, 3.05) is 0 Å². The highest BCUT2D eigenvalue weighted by molar-refractivity contribution is 6.19. The number of hydrogen-bond donors (Lipinski definition) is 0. The van der Waals surface area contributed by atoms with E-state index in [0.717, 1.165) is 93.8 Å². The Kier molecular flexibility index (Phi) is 6.60. The third kappa shape index (κ3) is 4.64. The summed E-state index contributed by atoms with van der Waals surface area (Å²) in [6.45, 7) is 0. The molecule has 0 saturated heterocycles. The number of hydrogen-bond acceptors (Lipinski definition) is 4. The summed E-state index contributed by atoms with van der Waals surface area (Å²) in [6.07, 6.45) is 1.91. The second-order valence-electron chi connectivity index (χ2n) is 15.1. The predicted molar refractivity (Wildman–Crippen MR) is 241 cm³/mol. The molecular weight excluding hydrogens is 723 g/mol. The molecule has 59 heavy (non-hydrogen) atoms. The lowest BCUT2D eigenvalue weighted by atomic mass is 10.1. The van der Waals surface area contributed by atoms with Crippen LogP contribution in [-0.2, 0) is 0 Å². The normalized spacial score (nSPS) is 12.1. The Morgan fingerprint density at radius 1 is 0.339 bits per heavy atom. The fourth-order valence-electron chi connectivity index (χ4n) is 9.26. The standard InChI is InChI=1S/C52H31N7/c1-2-15-34(16-3-1)57-44-23-11-6-18-36(44)39-30-49-40(29-48(39)57)37-19-7-12-24-45(37)58(49)51-50(54-42-21-9-10-22-43(42)55-51)32-26-27-38-35-17-5-13-25-46(35)59(47(38)28-32)52-53-31-33-14-4-8-20-41(33)56-52/h1-31H. The zero-order valence-electron chi connectivity index (χ0n) is 31.5. The predicted octanol–water partition coefficient (Wildman–Crippen LogP) is 12.5. The molecule has 5 aromatic heterocycles. The molecule has 0 bridgehead atoms. The molecule has 13 aromatic rings. The van der Waals surface area contributed by atoms with Crippen LogP contribution in [0.2, 0.25) is 0 Å². The molecule has 0 spiro atoms. The monoisotopic (exact) mass is 753 g/mol. The lowest BCUT2D eigenvalue weighted by Crippen LogP contribution is -2.04. The molecule has 0 aliphatic rings. The number of para-hydroxylation sites is 7. The van der Waals surface area contributed by atoms with Gasteiger partial charge >= 0.3 is 0 Å². The fraction of sp³-hybridized carbons (Fsp3) is 0. The largest absolute Gasteiger partial charge is 0.309 e. The van der Waals surface area contributed by atoms with Gasteiger partial charge in [-0.3, -0.25) is 9.13 Å². The Morgan fingerprint density at radius 2 is 0.864 bits per heavy atom. The van der Waals surface area contributed by atoms with Gasteiger partial charge in [-0.25, -0.2) is 19.9 Å². The van der Waals surface area contributed by atoms with Crippen LogP contribution in [0.1, 0.15) is 0 Å². The SMILES string of the molecule is c1ccc(-n2c3ccccc3c3cc4c(cc32)c2ccccc2n4-c2nc3ccccc3nc2-c2ccc3c4ccccc4n(-c4ncc5ccccc5n4)c3c2)cc1. The van der Waals surface area contributed by atoms with Crippen LogP contribution in [-0.4, -0.2) is 33.6 Å². The second kappa shape index (κ2) is 12.2. The molecule has 0 saturated carbocycles. The van der Waals surface area contributed by atoms with E-state index < -0.39 is 0 Å². The summed E-state index contributed by atoms with van der Waals surface area (Å²) >= 11 is 0. The van der Waals surface area contributed by atoms with Crippen LogP contribution in [0, 0.1) is 0 Å². The highest BCUT2D eigenvalue weighted by Crippen LogP contribution is 2.42. The first-order chi connectivity index (χ1) is 29.3. The van der Waals surface area contributed by atoms with Crippen LogP contribution in [0.25, 0.3) is 116 Å². The molecule has 0 aliphatic heterocycles. The van der Waals surface area contributed by atoms with Gasteiger partial charge in [0.1, 0.15) is 5.69 Å². The van der Waals surface area contributed by atoms with E-state index in [9.17, 15) is 0 Å². The van der Waals surface area contributed by atoms with Crippen molar-refractivity contribution in [2.45, 2.75) is 0 Å². The Hall–Kier alpha value is -8.16. The van der Waals surface area contributed by atoms with Gasteiger partial charge in [0.15, 0.2) is 5.82 Å². The molecule has 0 N–H and O–H groups in total. The van der Waals surface area contributed by atoms with E-state index in [1.54, 1.807) is 0 Å². The minimum Gasteiger partial charge on any atom is -0.309 e. The molecule has 0 aliphatic carbocycles. The van der Waals surface area contributed by atoms with E-state index in [2.05, 4.69) is 147 Å². The van der Waals surface area contributed by atoms with Crippen molar-refractivity contribution in [3.05, 3.63) is 188 Å². The van der Waals surface area contributed by atoms with Gasteiger partial charge < -0.3 is 4.57 Å². The Bertz CT molecular complexity index is 3850. The molecule has 8 aromatic carbocycles. The van der Waals surface area contributed by atoms with E-state index >= 15 is 0 Å². The quantitative estimate of drug-likeness (QED) is 0.179. The van der Waals surface area contributed by atoms with E-state index in [-0.39, 0.29) is 0 Å². The zero-order valence-corrected chi connectivity index (χ0v) is 31.5. The molecule has 7 heteroatoms. The van der Waals surface area contributed by atoms with Crippen molar-refractivity contribution in [2.24, 2.45) is 0 Å². The highest BCUT2D eigenvalue weighted by Gasteiger charge is 2.23. The Labute approximate surface area is 336 Å². The van der Waals surface area contributed by atoms with Crippen molar-refractivity contribution >= 4 is 87.4 Å². The van der Waals surface area contributed by atoms with Crippen molar-refractivity contribution in [3.63, 3.8) is 0 Å². The van der Waals surface area contributed by atoms with Crippen LogP contribution in [0.15, 0.2) is 188 Å². The Morgan fingerprint density at radius 3 is 1.59 bits per heavy atom. The maximum atomic E-state index is 5.49. The van der Waals surface area contributed by atoms with Crippen molar-refractivity contribution in [1.29, 1.82) is 0 Å². The summed E-state index contributed by atoms with van der Waals surface area (Å²) in [5, 5.41) is 7.93. The number of benzene rings is 8. The maximum Gasteiger partial charge on any atom is 0.235 e. The van der Waals surface area contributed by atoms with Crippen LogP contribution in [0.4, 0.5) is 0 Å². The molecule has 274 valence electrons. The third-order valence-electron chi connectivity index (χ3n) is 11.9. The lowest BCUT2D eigenvalue weighted by molar-refractivity contribution is 1.01. The molecule has 5 heterocycles. The average molecular weight is 754 g/mol. The average Bonchev–Trinajstić information content (AvgIpc) is 3.93. The molecule has 0 atom stereocenters. The number of aromatic nitrogens is 7. The van der Waals surface area contributed by atoms with Crippen LogP contribution in [0.5, 0.6) is 0 Å². The minimum absolute atomic E-state index is 0.623. The zero-order chi connectivity index (χ0) is 38.6. The summed E-state index contributed by atoms with van der Waals surface area (Å²) in [5.41, 5.74) is 11.9. The Balaban J connectivity index is 1.12. The van der Waals surface area contributed by atoms with Crippen molar-refractivity contribution in [3.8, 4) is 28.7 Å². The second-order valence-corrected chi connectivity index (χ2v) is 15.1. The molecule has 0 unspecified atom stereocenters. The van der Waals surface area contributed by atoms with Gasteiger partial charge in [-0.2, -0.15) is 0 Å². The summed E-state index contributed by atoms with van der Waals surface area (Å²) in [5.74, 6) is 1.39. The van der Waals surface area contributed by atoms with Crippen LogP contribution >= 0.6 is 0 Å². The van der Waals surface area contributed by atoms with Gasteiger partial charge in [0.05, 0.1) is 49.7 Å². The first-order valence-corrected chi connectivity index (χ1v) is 19.8. The van der Waals surface area contributed by atoms with E-state index in [1.165, 1.54) is 16.3 Å². The van der Waals surface area contributed by atoms with Gasteiger partial charge in [-0.15, -0.1) is 0 Å². The number of rotatable bonds is 4. The molecule has 0 fully saturated rings. The van der Waals surface area contributed by atoms with Gasteiger partial charge in [-0.1, -0.05) is 115 Å². The first-order valence-electron chi connectivity index (χ1n) is 19.8. The summed E-state index contributed by atoms with van der Waals surface area (Å²) in [7, 11) is 0. The van der Waals surface area contributed by atoms with Gasteiger partial charge in [0.25, 0.3) is 0 Å². The summed E-state index contributed by atoms with van der Waals surface area (Å²) in [6, 6.07) is 64.0. The lowest BCUT2D eigenvalue weighted by Gasteiger charge is -2.14. The molecule has 0 amide bonds. The van der Waals surface area contributed by atoms with Crippen LogP contribution in [0.3, 0.4) is 0 Å². The minimum atomic E-state index is 0.623. The smallest absolute Gasteiger partial charge is 0.235 e.